The molecule has 1 aromatic carbocycles. The van der Waals surface area contributed by atoms with Crippen LogP contribution < -0.4 is 5.32 Å². The Kier molecular flexibility index (Phi) is 4.91. The molecule has 1 amide bonds. The molecule has 0 unspecified atom stereocenters. The lowest BCUT2D eigenvalue weighted by Gasteiger charge is -2.06. The Labute approximate surface area is 139 Å². The fourth-order valence-electron chi connectivity index (χ4n) is 2.27. The highest BCUT2D eigenvalue weighted by Crippen LogP contribution is 2.13. The monoisotopic (exact) mass is 321 g/mol. The van der Waals surface area contributed by atoms with Gasteiger partial charge in [0.15, 0.2) is 0 Å². The van der Waals surface area contributed by atoms with Gasteiger partial charge in [0, 0.05) is 18.9 Å². The quantitative estimate of drug-likeness (QED) is 0.785. The first-order chi connectivity index (χ1) is 11.7. The summed E-state index contributed by atoms with van der Waals surface area (Å²) in [5, 5.41) is 2.83. The highest BCUT2D eigenvalue weighted by atomic mass is 19.1. The lowest BCUT2D eigenvalue weighted by Crippen LogP contribution is -2.25. The van der Waals surface area contributed by atoms with Crippen molar-refractivity contribution >= 4 is 5.91 Å². The van der Waals surface area contributed by atoms with Gasteiger partial charge < -0.3 is 5.32 Å². The molecule has 4 nitrogen and oxygen atoms in total. The van der Waals surface area contributed by atoms with Gasteiger partial charge in [0.2, 0.25) is 0 Å². The molecule has 0 fully saturated rings. The van der Waals surface area contributed by atoms with Gasteiger partial charge in [-0.3, -0.25) is 14.8 Å². The molecule has 0 radical (unpaired) electrons. The van der Waals surface area contributed by atoms with Crippen LogP contribution in [-0.2, 0) is 6.42 Å². The van der Waals surface area contributed by atoms with E-state index in [2.05, 4.69) is 15.3 Å². The third kappa shape index (κ3) is 4.01. The maximum absolute atomic E-state index is 12.8. The first-order valence-corrected chi connectivity index (χ1v) is 7.62. The molecule has 2 heterocycles. The van der Waals surface area contributed by atoms with E-state index < -0.39 is 0 Å². The van der Waals surface area contributed by atoms with E-state index >= 15 is 0 Å². The number of aromatic nitrogens is 2. The van der Waals surface area contributed by atoms with Crippen LogP contribution >= 0.6 is 0 Å². The second-order valence-electron chi connectivity index (χ2n) is 5.28. The van der Waals surface area contributed by atoms with Gasteiger partial charge in [-0.25, -0.2) is 4.39 Å². The third-order valence-electron chi connectivity index (χ3n) is 3.57. The van der Waals surface area contributed by atoms with E-state index in [4.69, 9.17) is 0 Å². The number of nitrogens with one attached hydrogen (secondary N) is 1. The van der Waals surface area contributed by atoms with Crippen molar-refractivity contribution in [2.45, 2.75) is 6.42 Å². The van der Waals surface area contributed by atoms with Crippen LogP contribution in [0, 0.1) is 5.82 Å². The number of pyridine rings is 2. The number of carbonyl (C=O) groups is 1. The van der Waals surface area contributed by atoms with Crippen molar-refractivity contribution in [1.82, 2.24) is 15.3 Å². The summed E-state index contributed by atoms with van der Waals surface area (Å²) in [6.07, 6.45) is 3.88. The van der Waals surface area contributed by atoms with E-state index in [0.717, 1.165) is 17.0 Å². The van der Waals surface area contributed by atoms with Gasteiger partial charge in [-0.1, -0.05) is 18.2 Å². The van der Waals surface area contributed by atoms with E-state index in [1.807, 2.05) is 18.2 Å². The second kappa shape index (κ2) is 7.46. The van der Waals surface area contributed by atoms with Crippen LogP contribution in [0.4, 0.5) is 4.39 Å². The molecule has 0 aliphatic rings. The van der Waals surface area contributed by atoms with Crippen LogP contribution in [-0.4, -0.2) is 22.4 Å². The Morgan fingerprint density at radius 2 is 1.75 bits per heavy atom. The zero-order chi connectivity index (χ0) is 16.8. The molecular formula is C19H16FN3O. The molecule has 1 N–H and O–H groups in total. The fourth-order valence-corrected chi connectivity index (χ4v) is 2.27. The first-order valence-electron chi connectivity index (χ1n) is 7.62. The van der Waals surface area contributed by atoms with Crippen molar-refractivity contribution in [3.8, 4) is 11.4 Å². The Morgan fingerprint density at radius 1 is 0.958 bits per heavy atom. The summed E-state index contributed by atoms with van der Waals surface area (Å²) in [4.78, 5) is 20.6. The molecule has 2 aromatic heterocycles. The molecule has 0 aliphatic heterocycles. The predicted octanol–water partition coefficient (Wildman–Crippen LogP) is 3.26. The van der Waals surface area contributed by atoms with Gasteiger partial charge in [0.05, 0.1) is 17.0 Å². The number of amides is 1. The van der Waals surface area contributed by atoms with Crippen LogP contribution in [0.25, 0.3) is 11.4 Å². The lowest BCUT2D eigenvalue weighted by molar-refractivity contribution is 0.0954. The van der Waals surface area contributed by atoms with Crippen molar-refractivity contribution in [1.29, 1.82) is 0 Å². The molecule has 5 heteroatoms. The van der Waals surface area contributed by atoms with Gasteiger partial charge in [-0.05, 0) is 48.4 Å². The number of halogens is 1. The highest BCUT2D eigenvalue weighted by Gasteiger charge is 2.07. The van der Waals surface area contributed by atoms with Gasteiger partial charge in [0.1, 0.15) is 5.82 Å². The number of nitrogens with zero attached hydrogens (tertiary/aromatic N) is 2. The maximum atomic E-state index is 12.8. The molecular weight excluding hydrogens is 305 g/mol. The zero-order valence-electron chi connectivity index (χ0n) is 12.9. The summed E-state index contributed by atoms with van der Waals surface area (Å²) in [5.41, 5.74) is 2.95. The molecule has 0 saturated carbocycles. The summed E-state index contributed by atoms with van der Waals surface area (Å²) in [6.45, 7) is 0.479. The molecule has 0 atom stereocenters. The summed E-state index contributed by atoms with van der Waals surface area (Å²) >= 11 is 0. The van der Waals surface area contributed by atoms with E-state index in [-0.39, 0.29) is 11.7 Å². The molecule has 0 aliphatic carbocycles. The standard InChI is InChI=1S/C19H16FN3O/c20-16-7-4-14(5-8-16)10-12-22-19(24)15-6-9-18(23-13-15)17-3-1-2-11-21-17/h1-9,11,13H,10,12H2,(H,22,24). The van der Waals surface area contributed by atoms with E-state index in [1.54, 1.807) is 30.5 Å². The van der Waals surface area contributed by atoms with Crippen molar-refractivity contribution < 1.29 is 9.18 Å². The number of benzene rings is 1. The van der Waals surface area contributed by atoms with Crippen LogP contribution in [0.5, 0.6) is 0 Å². The van der Waals surface area contributed by atoms with Gasteiger partial charge >= 0.3 is 0 Å². The molecule has 0 saturated heterocycles. The zero-order valence-corrected chi connectivity index (χ0v) is 12.9. The maximum Gasteiger partial charge on any atom is 0.252 e. The number of rotatable bonds is 5. The number of hydrogen-bond donors (Lipinski definition) is 1. The summed E-state index contributed by atoms with van der Waals surface area (Å²) in [7, 11) is 0. The second-order valence-corrected chi connectivity index (χ2v) is 5.28. The van der Waals surface area contributed by atoms with E-state index in [9.17, 15) is 9.18 Å². The Hall–Kier alpha value is -3.08. The minimum atomic E-state index is -0.262. The smallest absolute Gasteiger partial charge is 0.252 e. The largest absolute Gasteiger partial charge is 0.352 e. The van der Waals surface area contributed by atoms with Gasteiger partial charge in [0.25, 0.3) is 5.91 Å². The van der Waals surface area contributed by atoms with E-state index in [1.165, 1.54) is 18.3 Å². The Morgan fingerprint density at radius 3 is 2.42 bits per heavy atom. The van der Waals surface area contributed by atoms with Crippen LogP contribution in [0.1, 0.15) is 15.9 Å². The fraction of sp³-hybridized carbons (Fsp3) is 0.105. The predicted molar refractivity (Wildman–Crippen MR) is 89.9 cm³/mol. The molecule has 120 valence electrons. The molecule has 3 rings (SSSR count). The summed E-state index contributed by atoms with van der Waals surface area (Å²) < 4.78 is 12.8. The third-order valence-corrected chi connectivity index (χ3v) is 3.57. The van der Waals surface area contributed by atoms with Crippen molar-refractivity contribution in [3.05, 3.63) is 83.9 Å². The molecule has 3 aromatic rings. The minimum Gasteiger partial charge on any atom is -0.352 e. The van der Waals surface area contributed by atoms with Gasteiger partial charge in [-0.2, -0.15) is 0 Å². The minimum absolute atomic E-state index is 0.183. The molecule has 24 heavy (non-hydrogen) atoms. The SMILES string of the molecule is O=C(NCCc1ccc(F)cc1)c1ccc(-c2ccccn2)nc1. The van der Waals surface area contributed by atoms with Crippen LogP contribution in [0.3, 0.4) is 0 Å². The normalized spacial score (nSPS) is 10.4. The van der Waals surface area contributed by atoms with Crippen LogP contribution in [0.2, 0.25) is 0 Å². The number of hydrogen-bond acceptors (Lipinski definition) is 3. The van der Waals surface area contributed by atoms with E-state index in [0.29, 0.717) is 18.5 Å². The Bertz CT molecular complexity index is 802. The van der Waals surface area contributed by atoms with Crippen molar-refractivity contribution in [2.75, 3.05) is 6.54 Å². The average Bonchev–Trinajstić information content (AvgIpc) is 2.64. The average molecular weight is 321 g/mol. The molecule has 0 bridgehead atoms. The summed E-state index contributed by atoms with van der Waals surface area (Å²) in [6, 6.07) is 15.4. The van der Waals surface area contributed by atoms with Crippen LogP contribution in [0.15, 0.2) is 67.0 Å². The summed E-state index contributed by atoms with van der Waals surface area (Å²) in [5.74, 6) is -0.445. The Balaban J connectivity index is 1.56. The first kappa shape index (κ1) is 15.8. The highest BCUT2D eigenvalue weighted by molar-refractivity contribution is 5.94. The lowest BCUT2D eigenvalue weighted by atomic mass is 10.1. The molecule has 0 spiro atoms. The van der Waals surface area contributed by atoms with Crippen molar-refractivity contribution in [2.24, 2.45) is 0 Å². The van der Waals surface area contributed by atoms with Gasteiger partial charge in [-0.15, -0.1) is 0 Å². The van der Waals surface area contributed by atoms with Crippen molar-refractivity contribution in [3.63, 3.8) is 0 Å². The topological polar surface area (TPSA) is 54.9 Å². The number of carbonyl (C=O) groups excluding carboxylic acids is 1.